The van der Waals surface area contributed by atoms with E-state index in [1.807, 2.05) is 0 Å². The van der Waals surface area contributed by atoms with Crippen LogP contribution in [0.4, 0.5) is 13.2 Å². The molecule has 3 nitrogen and oxygen atoms in total. The Balaban J connectivity index is 1.89. The van der Waals surface area contributed by atoms with Crippen LogP contribution in [0.15, 0.2) is 29.2 Å². The van der Waals surface area contributed by atoms with Gasteiger partial charge in [0.05, 0.1) is 5.56 Å². The second-order valence-corrected chi connectivity index (χ2v) is 7.61. The number of nitrogens with zero attached hydrogens (tertiary/aromatic N) is 1. The van der Waals surface area contributed by atoms with E-state index in [1.54, 1.807) is 6.07 Å². The van der Waals surface area contributed by atoms with Gasteiger partial charge in [-0.05, 0) is 42.2 Å². The number of halogens is 3. The SMILES string of the molecule is CC1CC(C)CN(CCNC(=O)c2ccccc2SC(F)(F)F)C1. The Hall–Kier alpha value is -1.21. The summed E-state index contributed by atoms with van der Waals surface area (Å²) in [5, 5.41) is 2.74. The molecule has 1 aromatic carbocycles. The third-order valence-electron chi connectivity index (χ3n) is 4.02. The number of carbonyl (C=O) groups is 1. The molecule has 1 aliphatic rings. The van der Waals surface area contributed by atoms with Crippen molar-refractivity contribution in [1.29, 1.82) is 0 Å². The van der Waals surface area contributed by atoms with E-state index in [0.717, 1.165) is 19.6 Å². The second-order valence-electron chi connectivity index (χ2n) is 6.51. The summed E-state index contributed by atoms with van der Waals surface area (Å²) in [6.07, 6.45) is 1.21. The minimum Gasteiger partial charge on any atom is -0.351 e. The molecule has 24 heavy (non-hydrogen) atoms. The Labute approximate surface area is 145 Å². The largest absolute Gasteiger partial charge is 0.446 e. The molecule has 0 spiro atoms. The predicted octanol–water partition coefficient (Wildman–Crippen LogP) is 4.01. The van der Waals surface area contributed by atoms with E-state index in [-0.39, 0.29) is 22.2 Å². The molecule has 2 atom stereocenters. The molecule has 1 fully saturated rings. The smallest absolute Gasteiger partial charge is 0.351 e. The van der Waals surface area contributed by atoms with Crippen LogP contribution in [0, 0.1) is 11.8 Å². The second kappa shape index (κ2) is 8.25. The van der Waals surface area contributed by atoms with E-state index < -0.39 is 11.4 Å². The zero-order chi connectivity index (χ0) is 17.7. The van der Waals surface area contributed by atoms with Crippen LogP contribution >= 0.6 is 11.8 Å². The van der Waals surface area contributed by atoms with Crippen LogP contribution in [0.3, 0.4) is 0 Å². The number of hydrogen-bond donors (Lipinski definition) is 1. The lowest BCUT2D eigenvalue weighted by Gasteiger charge is -2.34. The fraction of sp³-hybridized carbons (Fsp3) is 0.588. The topological polar surface area (TPSA) is 32.3 Å². The lowest BCUT2D eigenvalue weighted by Crippen LogP contribution is -2.42. The minimum atomic E-state index is -4.41. The van der Waals surface area contributed by atoms with E-state index in [4.69, 9.17) is 0 Å². The number of thioether (sulfide) groups is 1. The Bertz CT molecular complexity index is 555. The van der Waals surface area contributed by atoms with Crippen molar-refractivity contribution in [3.8, 4) is 0 Å². The highest BCUT2D eigenvalue weighted by Crippen LogP contribution is 2.38. The first-order chi connectivity index (χ1) is 11.2. The summed E-state index contributed by atoms with van der Waals surface area (Å²) in [7, 11) is 0. The molecule has 7 heteroatoms. The minimum absolute atomic E-state index is 0.0669. The van der Waals surface area contributed by atoms with Gasteiger partial charge in [0.1, 0.15) is 0 Å². The quantitative estimate of drug-likeness (QED) is 0.806. The van der Waals surface area contributed by atoms with Crippen LogP contribution in [0.25, 0.3) is 0 Å². The number of nitrogens with one attached hydrogen (secondary N) is 1. The highest BCUT2D eigenvalue weighted by molar-refractivity contribution is 8.00. The Morgan fingerprint density at radius 3 is 2.50 bits per heavy atom. The fourth-order valence-corrected chi connectivity index (χ4v) is 3.93. The van der Waals surface area contributed by atoms with Crippen molar-refractivity contribution in [3.63, 3.8) is 0 Å². The number of amides is 1. The standard InChI is InChI=1S/C17H23F3N2OS/c1-12-9-13(2)11-22(10-12)8-7-21-16(23)14-5-3-4-6-15(14)24-17(18,19)20/h3-6,12-13H,7-11H2,1-2H3,(H,21,23). The van der Waals surface area contributed by atoms with Crippen LogP contribution < -0.4 is 5.32 Å². The van der Waals surface area contributed by atoms with Crippen molar-refractivity contribution in [2.24, 2.45) is 11.8 Å². The molecule has 1 heterocycles. The first-order valence-electron chi connectivity index (χ1n) is 8.10. The molecule has 0 aromatic heterocycles. The number of piperidine rings is 1. The van der Waals surface area contributed by atoms with Crippen LogP contribution in [-0.2, 0) is 0 Å². The molecule has 2 unspecified atom stereocenters. The van der Waals surface area contributed by atoms with Gasteiger partial charge in [0.15, 0.2) is 0 Å². The molecular weight excluding hydrogens is 337 g/mol. The Morgan fingerprint density at radius 1 is 1.25 bits per heavy atom. The van der Waals surface area contributed by atoms with Gasteiger partial charge in [-0.1, -0.05) is 26.0 Å². The zero-order valence-corrected chi connectivity index (χ0v) is 14.7. The third kappa shape index (κ3) is 6.02. The third-order valence-corrected chi connectivity index (χ3v) is 4.82. The number of benzene rings is 1. The number of rotatable bonds is 5. The average Bonchev–Trinajstić information content (AvgIpc) is 2.45. The van der Waals surface area contributed by atoms with Gasteiger partial charge in [-0.15, -0.1) is 0 Å². The summed E-state index contributed by atoms with van der Waals surface area (Å²) in [6, 6.07) is 5.82. The molecule has 0 radical (unpaired) electrons. The molecule has 1 aliphatic heterocycles. The van der Waals surface area contributed by atoms with E-state index in [0.29, 0.717) is 18.4 Å². The molecule has 0 bridgehead atoms. The molecule has 134 valence electrons. The molecule has 0 saturated carbocycles. The fourth-order valence-electron chi connectivity index (χ4n) is 3.27. The summed E-state index contributed by atoms with van der Waals surface area (Å²) < 4.78 is 37.7. The molecule has 1 amide bonds. The Morgan fingerprint density at radius 2 is 1.88 bits per heavy atom. The average molecular weight is 360 g/mol. The van der Waals surface area contributed by atoms with Crippen molar-refractivity contribution in [2.75, 3.05) is 26.2 Å². The zero-order valence-electron chi connectivity index (χ0n) is 13.9. The number of carbonyl (C=O) groups excluding carboxylic acids is 1. The van der Waals surface area contributed by atoms with Gasteiger partial charge in [-0.3, -0.25) is 4.79 Å². The van der Waals surface area contributed by atoms with Crippen molar-refractivity contribution < 1.29 is 18.0 Å². The highest BCUT2D eigenvalue weighted by Gasteiger charge is 2.31. The normalized spacial score (nSPS) is 22.4. The maximum atomic E-state index is 12.6. The summed E-state index contributed by atoms with van der Waals surface area (Å²) >= 11 is -0.253. The van der Waals surface area contributed by atoms with E-state index in [1.165, 1.54) is 24.6 Å². The van der Waals surface area contributed by atoms with Crippen molar-refractivity contribution >= 4 is 17.7 Å². The van der Waals surface area contributed by atoms with Crippen LogP contribution in [-0.4, -0.2) is 42.5 Å². The number of hydrogen-bond acceptors (Lipinski definition) is 3. The molecule has 2 rings (SSSR count). The van der Waals surface area contributed by atoms with Crippen molar-refractivity contribution in [3.05, 3.63) is 29.8 Å². The predicted molar refractivity (Wildman–Crippen MR) is 90.1 cm³/mol. The van der Waals surface area contributed by atoms with Gasteiger partial charge >= 0.3 is 5.51 Å². The maximum Gasteiger partial charge on any atom is 0.446 e. The van der Waals surface area contributed by atoms with Crippen LogP contribution in [0.2, 0.25) is 0 Å². The molecule has 1 saturated heterocycles. The summed E-state index contributed by atoms with van der Waals surface area (Å²) in [4.78, 5) is 14.4. The lowest BCUT2D eigenvalue weighted by molar-refractivity contribution is -0.0328. The van der Waals surface area contributed by atoms with Gasteiger partial charge < -0.3 is 10.2 Å². The summed E-state index contributed by atoms with van der Waals surface area (Å²) in [6.45, 7) is 7.58. The monoisotopic (exact) mass is 360 g/mol. The van der Waals surface area contributed by atoms with Crippen molar-refractivity contribution in [2.45, 2.75) is 30.7 Å². The summed E-state index contributed by atoms with van der Waals surface area (Å²) in [5.74, 6) is 0.808. The van der Waals surface area contributed by atoms with Gasteiger partial charge in [-0.2, -0.15) is 13.2 Å². The van der Waals surface area contributed by atoms with E-state index in [9.17, 15) is 18.0 Å². The molecule has 0 aliphatic carbocycles. The maximum absolute atomic E-state index is 12.6. The van der Waals surface area contributed by atoms with Crippen molar-refractivity contribution in [1.82, 2.24) is 10.2 Å². The molecule has 1 N–H and O–H groups in total. The van der Waals surface area contributed by atoms with E-state index >= 15 is 0 Å². The van der Waals surface area contributed by atoms with Gasteiger partial charge in [0.2, 0.25) is 0 Å². The number of likely N-dealkylation sites (tertiary alicyclic amines) is 1. The summed E-state index contributed by atoms with van der Waals surface area (Å²) in [5.41, 5.74) is -4.34. The van der Waals surface area contributed by atoms with Crippen LogP contribution in [0.1, 0.15) is 30.6 Å². The van der Waals surface area contributed by atoms with E-state index in [2.05, 4.69) is 24.1 Å². The first kappa shape index (κ1) is 19.1. The van der Waals surface area contributed by atoms with Gasteiger partial charge in [-0.25, -0.2) is 0 Å². The lowest BCUT2D eigenvalue weighted by atomic mass is 9.92. The highest BCUT2D eigenvalue weighted by atomic mass is 32.2. The van der Waals surface area contributed by atoms with Gasteiger partial charge in [0.25, 0.3) is 5.91 Å². The Kier molecular flexibility index (Phi) is 6.57. The molecule has 1 aromatic rings. The molecular formula is C17H23F3N2OS. The number of alkyl halides is 3. The van der Waals surface area contributed by atoms with Crippen LogP contribution in [0.5, 0.6) is 0 Å². The first-order valence-corrected chi connectivity index (χ1v) is 8.91. The van der Waals surface area contributed by atoms with Gasteiger partial charge in [0, 0.05) is 31.1 Å².